The fraction of sp³-hybridized carbons (Fsp3) is 1.00. The molecule has 14 heavy (non-hydrogen) atoms. The summed E-state index contributed by atoms with van der Waals surface area (Å²) in [5, 5.41) is 32.2. The molecule has 0 amide bonds. The van der Waals surface area contributed by atoms with Crippen LogP contribution in [0.5, 0.6) is 0 Å². The van der Waals surface area contributed by atoms with Crippen molar-refractivity contribution in [2.45, 2.75) is 26.2 Å². The molecular weight excluding hydrogens is 204 g/mol. The predicted molar refractivity (Wildman–Crippen MR) is 35.7 cm³/mol. The summed E-state index contributed by atoms with van der Waals surface area (Å²) in [6.45, 7) is 2.41. The highest BCUT2D eigenvalue weighted by molar-refractivity contribution is 4.32. The second kappa shape index (κ2) is 12.6. The van der Waals surface area contributed by atoms with Gasteiger partial charge in [-0.05, 0) is 41.7 Å². The molecule has 0 aliphatic rings. The summed E-state index contributed by atoms with van der Waals surface area (Å²) < 4.78 is 0. The van der Waals surface area contributed by atoms with Crippen LogP contribution < -0.4 is 0 Å². The Hall–Kier alpha value is -0.360. The number of rotatable bonds is 11. The van der Waals surface area contributed by atoms with Crippen LogP contribution in [0.3, 0.4) is 0 Å². The van der Waals surface area contributed by atoms with Gasteiger partial charge >= 0.3 is 0 Å². The standard InChI is InChI=1S/C5H12O9/c1-2-3-4-5-7-9-11-13-14-12-10-8-6/h6H,2-5H2,1H3. The summed E-state index contributed by atoms with van der Waals surface area (Å²) in [5.74, 6) is 0. The minimum atomic E-state index is 0.355. The smallest absolute Gasteiger partial charge is 0.0855 e. The normalized spacial score (nSPS) is 10.7. The predicted octanol–water partition coefficient (Wildman–Crippen LogP) is 1.19. The van der Waals surface area contributed by atoms with Gasteiger partial charge in [0.1, 0.15) is 0 Å². The lowest BCUT2D eigenvalue weighted by atomic mass is 10.3. The van der Waals surface area contributed by atoms with Gasteiger partial charge in [-0.2, -0.15) is 0 Å². The molecule has 0 rings (SSSR count). The highest BCUT2D eigenvalue weighted by Crippen LogP contribution is 1.95. The lowest BCUT2D eigenvalue weighted by Gasteiger charge is -1.99. The van der Waals surface area contributed by atoms with E-state index in [9.17, 15) is 0 Å². The number of hydrogen-bond acceptors (Lipinski definition) is 9. The maximum absolute atomic E-state index is 7.51. The van der Waals surface area contributed by atoms with Gasteiger partial charge in [0.25, 0.3) is 0 Å². The average Bonchev–Trinajstić information content (AvgIpc) is 2.21. The first kappa shape index (κ1) is 13.6. The van der Waals surface area contributed by atoms with Crippen LogP contribution in [0.2, 0.25) is 0 Å². The molecular formula is C5H12O9. The Morgan fingerprint density at radius 2 is 1.50 bits per heavy atom. The maximum Gasteiger partial charge on any atom is 0.0855 e. The van der Waals surface area contributed by atoms with E-state index in [2.05, 4.69) is 47.1 Å². The van der Waals surface area contributed by atoms with Gasteiger partial charge in [-0.15, -0.1) is 0 Å². The fourth-order valence-corrected chi connectivity index (χ4v) is 0.522. The zero-order valence-electron chi connectivity index (χ0n) is 7.54. The number of unbranched alkanes of at least 4 members (excludes halogenated alkanes) is 2. The summed E-state index contributed by atoms with van der Waals surface area (Å²) in [6.07, 6.45) is 2.92. The van der Waals surface area contributed by atoms with Crippen LogP contribution in [0.4, 0.5) is 0 Å². The molecule has 0 aliphatic carbocycles. The highest BCUT2D eigenvalue weighted by Gasteiger charge is 1.94. The Labute approximate surface area is 79.3 Å². The summed E-state index contributed by atoms with van der Waals surface area (Å²) >= 11 is 0. The van der Waals surface area contributed by atoms with Gasteiger partial charge in [-0.3, -0.25) is 0 Å². The molecule has 0 saturated carbocycles. The Bertz CT molecular complexity index is 87.2. The molecule has 1 N–H and O–H groups in total. The van der Waals surface area contributed by atoms with Crippen molar-refractivity contribution in [3.8, 4) is 0 Å². The van der Waals surface area contributed by atoms with E-state index in [1.807, 2.05) is 0 Å². The molecule has 0 heterocycles. The van der Waals surface area contributed by atoms with E-state index in [-0.39, 0.29) is 0 Å². The topological polar surface area (TPSA) is 94.1 Å². The molecule has 0 aliphatic heterocycles. The second-order valence-electron chi connectivity index (χ2n) is 2.01. The number of hydrogen-bond donors (Lipinski definition) is 1. The molecule has 0 aromatic rings. The van der Waals surface area contributed by atoms with Crippen LogP contribution >= 0.6 is 0 Å². The maximum atomic E-state index is 7.51. The van der Waals surface area contributed by atoms with Crippen molar-refractivity contribution in [1.82, 2.24) is 0 Å². The minimum Gasteiger partial charge on any atom is -0.219 e. The van der Waals surface area contributed by atoms with Crippen LogP contribution in [-0.4, -0.2) is 11.9 Å². The lowest BCUT2D eigenvalue weighted by molar-refractivity contribution is -0.830. The van der Waals surface area contributed by atoms with Gasteiger partial charge in [-0.25, -0.2) is 10.1 Å². The Morgan fingerprint density at radius 1 is 0.857 bits per heavy atom. The molecule has 0 fully saturated rings. The summed E-state index contributed by atoms with van der Waals surface area (Å²) in [4.78, 5) is 4.44. The third-order valence-electron chi connectivity index (χ3n) is 1.05. The van der Waals surface area contributed by atoms with Crippen LogP contribution in [0, 0.1) is 0 Å². The first-order valence-electron chi connectivity index (χ1n) is 3.85. The summed E-state index contributed by atoms with van der Waals surface area (Å²) in [5.41, 5.74) is 0. The molecule has 0 bridgehead atoms. The summed E-state index contributed by atoms with van der Waals surface area (Å²) in [7, 11) is 0. The summed E-state index contributed by atoms with van der Waals surface area (Å²) in [6, 6.07) is 0. The molecule has 0 unspecified atom stereocenters. The van der Waals surface area contributed by atoms with Gasteiger partial charge in [0.15, 0.2) is 0 Å². The van der Waals surface area contributed by atoms with E-state index in [4.69, 9.17) is 5.26 Å². The Balaban J connectivity index is 2.78. The molecule has 0 aromatic carbocycles. The third kappa shape index (κ3) is 11.6. The van der Waals surface area contributed by atoms with Crippen molar-refractivity contribution in [3.63, 3.8) is 0 Å². The van der Waals surface area contributed by atoms with Crippen molar-refractivity contribution >= 4 is 0 Å². The first-order chi connectivity index (χ1) is 6.91. The minimum absolute atomic E-state index is 0.355. The van der Waals surface area contributed by atoms with Crippen LogP contribution in [0.25, 0.3) is 0 Å². The van der Waals surface area contributed by atoms with E-state index >= 15 is 0 Å². The highest BCUT2D eigenvalue weighted by atomic mass is 17.9. The average molecular weight is 216 g/mol. The molecule has 9 nitrogen and oxygen atoms in total. The fourth-order valence-electron chi connectivity index (χ4n) is 0.522. The van der Waals surface area contributed by atoms with Crippen LogP contribution in [0.1, 0.15) is 26.2 Å². The molecule has 86 valence electrons. The molecule has 9 heteroatoms. The molecule has 0 spiro atoms. The monoisotopic (exact) mass is 216 g/mol. The van der Waals surface area contributed by atoms with E-state index < -0.39 is 0 Å². The first-order valence-corrected chi connectivity index (χ1v) is 3.85. The second-order valence-corrected chi connectivity index (χ2v) is 2.01. The molecule has 0 saturated heterocycles. The Morgan fingerprint density at radius 3 is 2.14 bits per heavy atom. The largest absolute Gasteiger partial charge is 0.219 e. The van der Waals surface area contributed by atoms with Crippen molar-refractivity contribution in [1.29, 1.82) is 0 Å². The van der Waals surface area contributed by atoms with Crippen molar-refractivity contribution in [3.05, 3.63) is 0 Å². The van der Waals surface area contributed by atoms with Crippen molar-refractivity contribution < 1.29 is 45.4 Å². The van der Waals surface area contributed by atoms with Crippen LogP contribution in [-0.2, 0) is 40.2 Å². The molecule has 0 aromatic heterocycles. The van der Waals surface area contributed by atoms with Crippen LogP contribution in [0.15, 0.2) is 0 Å². The zero-order chi connectivity index (χ0) is 10.5. The molecule has 0 atom stereocenters. The third-order valence-corrected chi connectivity index (χ3v) is 1.05. The van der Waals surface area contributed by atoms with Crippen molar-refractivity contribution in [2.75, 3.05) is 6.61 Å². The van der Waals surface area contributed by atoms with Crippen molar-refractivity contribution in [2.24, 2.45) is 0 Å². The van der Waals surface area contributed by atoms with E-state index in [0.29, 0.717) is 6.61 Å². The SMILES string of the molecule is CCCCCOOOOOOOOO. The van der Waals surface area contributed by atoms with Gasteiger partial charge in [0.2, 0.25) is 0 Å². The van der Waals surface area contributed by atoms with E-state index in [1.54, 1.807) is 0 Å². The van der Waals surface area contributed by atoms with Gasteiger partial charge in [0.05, 0.1) is 6.61 Å². The quantitative estimate of drug-likeness (QED) is 0.310. The van der Waals surface area contributed by atoms with Gasteiger partial charge < -0.3 is 0 Å². The van der Waals surface area contributed by atoms with Gasteiger partial charge in [-0.1, -0.05) is 19.8 Å². The van der Waals surface area contributed by atoms with Gasteiger partial charge in [0, 0.05) is 0 Å². The lowest BCUT2D eigenvalue weighted by Crippen LogP contribution is -2.02. The van der Waals surface area contributed by atoms with E-state index in [0.717, 1.165) is 19.3 Å². The molecule has 0 radical (unpaired) electrons. The zero-order valence-corrected chi connectivity index (χ0v) is 7.54. The van der Waals surface area contributed by atoms with E-state index in [1.165, 1.54) is 0 Å². The Kier molecular flexibility index (Phi) is 12.3.